The second-order valence-corrected chi connectivity index (χ2v) is 18.6. The zero-order valence-electron chi connectivity index (χ0n) is 35.0. The topological polar surface area (TPSA) is 44.7 Å². The molecule has 2 aliphatic rings. The van der Waals surface area contributed by atoms with Crippen LogP contribution in [0.25, 0.3) is 22.3 Å². The van der Waals surface area contributed by atoms with Crippen LogP contribution in [0.15, 0.2) is 213 Å². The molecule has 2 aliphatic heterocycles. The summed E-state index contributed by atoms with van der Waals surface area (Å²) in [6.07, 6.45) is 5.80. The third kappa shape index (κ3) is 7.11. The molecule has 0 spiro atoms. The number of hydrogen-bond donors (Lipinski definition) is 0. The van der Waals surface area contributed by atoms with Crippen molar-refractivity contribution >= 4 is 63.8 Å². The first-order chi connectivity index (χ1) is 31.0. The van der Waals surface area contributed by atoms with Gasteiger partial charge in [-0.15, -0.1) is 0 Å². The van der Waals surface area contributed by atoms with E-state index in [-0.39, 0.29) is 20.4 Å². The van der Waals surface area contributed by atoms with Crippen molar-refractivity contribution in [3.05, 3.63) is 224 Å². The molecule has 4 heterocycles. The van der Waals surface area contributed by atoms with Crippen LogP contribution in [0, 0.1) is 0 Å². The molecule has 0 saturated carbocycles. The number of aromatic nitrogens is 2. The van der Waals surface area contributed by atoms with Crippen LogP contribution in [0.5, 0.6) is 11.5 Å². The van der Waals surface area contributed by atoms with Gasteiger partial charge in [-0.1, -0.05) is 84.9 Å². The molecule has 2 aromatic heterocycles. The Bertz CT molecular complexity index is 3050. The van der Waals surface area contributed by atoms with Gasteiger partial charge in [-0.05, 0) is 11.1 Å². The molecule has 0 bridgehead atoms. The van der Waals surface area contributed by atoms with Crippen molar-refractivity contribution in [1.29, 1.82) is 0 Å². The number of fused-ring (bicyclic) bond motifs is 3. The number of pyridine rings is 2. The Labute approximate surface area is 374 Å². The van der Waals surface area contributed by atoms with E-state index in [4.69, 9.17) is 9.72 Å². The van der Waals surface area contributed by atoms with Crippen molar-refractivity contribution in [1.82, 2.24) is 9.97 Å². The first kappa shape index (κ1) is 38.5. The third-order valence-corrected chi connectivity index (χ3v) is 14.5. The van der Waals surface area contributed by atoms with Crippen LogP contribution in [-0.2, 0) is 5.41 Å². The molecule has 0 N–H and O–H groups in total. The molecule has 0 aliphatic carbocycles. The molecule has 9 aromatic rings. The van der Waals surface area contributed by atoms with Crippen molar-refractivity contribution in [3.8, 4) is 33.8 Å². The molecule has 0 atom stereocenters. The van der Waals surface area contributed by atoms with E-state index in [1.807, 2.05) is 24.7 Å². The average molecular weight is 881 g/mol. The van der Waals surface area contributed by atoms with Gasteiger partial charge in [0, 0.05) is 11.1 Å². The minimum atomic E-state index is -0.221. The van der Waals surface area contributed by atoms with E-state index in [0.717, 1.165) is 45.8 Å². The minimum absolute atomic E-state index is 0.0588. The number of anilines is 7. The Morgan fingerprint density at radius 1 is 0.508 bits per heavy atom. The molecule has 0 saturated heterocycles. The molecule has 7 aromatic carbocycles. The van der Waals surface area contributed by atoms with Crippen LogP contribution < -0.4 is 28.4 Å². The van der Waals surface area contributed by atoms with Gasteiger partial charge in [-0.2, -0.15) is 0 Å². The van der Waals surface area contributed by atoms with Gasteiger partial charge in [0.05, 0.1) is 0 Å². The van der Waals surface area contributed by atoms with E-state index in [2.05, 4.69) is 222 Å². The molecule has 304 valence electrons. The normalized spacial score (nSPS) is 13.0. The number of benzene rings is 7. The third-order valence-electron chi connectivity index (χ3n) is 12.2. The summed E-state index contributed by atoms with van der Waals surface area (Å²) in [7, 11) is 0. The Morgan fingerprint density at radius 3 is 1.89 bits per heavy atom. The van der Waals surface area contributed by atoms with E-state index in [1.165, 1.54) is 48.0 Å². The maximum absolute atomic E-state index is 6.81. The molecular formula is C56H43N5OSe. The van der Waals surface area contributed by atoms with Gasteiger partial charge in [0.2, 0.25) is 0 Å². The van der Waals surface area contributed by atoms with Gasteiger partial charge in [-0.3, -0.25) is 0 Å². The van der Waals surface area contributed by atoms with Crippen molar-refractivity contribution in [3.63, 3.8) is 0 Å². The van der Waals surface area contributed by atoms with Gasteiger partial charge in [0.1, 0.15) is 0 Å². The fraction of sp³-hybridized carbons (Fsp3) is 0.0714. The zero-order chi connectivity index (χ0) is 42.3. The molecule has 63 heavy (non-hydrogen) atoms. The first-order valence-electron chi connectivity index (χ1n) is 21.2. The fourth-order valence-corrected chi connectivity index (χ4v) is 11.0. The summed E-state index contributed by atoms with van der Waals surface area (Å²) in [6, 6.07) is 68.8. The van der Waals surface area contributed by atoms with Crippen molar-refractivity contribution < 1.29 is 4.74 Å². The second kappa shape index (κ2) is 16.1. The summed E-state index contributed by atoms with van der Waals surface area (Å²) in [5.74, 6) is 2.39. The standard InChI is InChI=1S/C56H43N5OSe/c1-56(2,41-20-10-5-11-21-41)42-30-33-58-54(34-42)61-50-31-32-57-37-53(50)63-52-29-28-45(36-51(52)61)62-44-23-14-22-43(35-44)59-38-60(49-27-13-12-26-48(49)59)55-46(39-16-6-3-7-17-39)24-15-25-47(55)40-18-8-4-9-19-40/h3-37H,38H2,1-2H3. The Balaban J connectivity index is 0.941. The second-order valence-electron chi connectivity index (χ2n) is 16.3. The van der Waals surface area contributed by atoms with Crippen LogP contribution in [0.4, 0.5) is 39.9 Å². The van der Waals surface area contributed by atoms with Gasteiger partial charge < -0.3 is 0 Å². The summed E-state index contributed by atoms with van der Waals surface area (Å²) in [4.78, 5) is 16.6. The summed E-state index contributed by atoms with van der Waals surface area (Å²) in [6.45, 7) is 5.18. The van der Waals surface area contributed by atoms with Crippen LogP contribution in [0.2, 0.25) is 0 Å². The van der Waals surface area contributed by atoms with E-state index in [1.54, 1.807) is 0 Å². The van der Waals surface area contributed by atoms with E-state index >= 15 is 0 Å². The zero-order valence-corrected chi connectivity index (χ0v) is 36.7. The van der Waals surface area contributed by atoms with Crippen LogP contribution in [-0.4, -0.2) is 31.6 Å². The van der Waals surface area contributed by atoms with Gasteiger partial charge in [-0.25, -0.2) is 0 Å². The summed E-state index contributed by atoms with van der Waals surface area (Å²) >= 11 is 0.0588. The molecule has 7 heteroatoms. The Morgan fingerprint density at radius 2 is 1.16 bits per heavy atom. The van der Waals surface area contributed by atoms with Gasteiger partial charge in [0.25, 0.3) is 0 Å². The van der Waals surface area contributed by atoms with Crippen LogP contribution in [0.1, 0.15) is 25.0 Å². The summed E-state index contributed by atoms with van der Waals surface area (Å²) in [5, 5.41) is 0. The molecular weight excluding hydrogens is 838 g/mol. The van der Waals surface area contributed by atoms with Crippen LogP contribution in [0.3, 0.4) is 0 Å². The van der Waals surface area contributed by atoms with Crippen molar-refractivity contribution in [2.75, 3.05) is 21.4 Å². The molecule has 0 fully saturated rings. The number of para-hydroxylation sites is 3. The van der Waals surface area contributed by atoms with Crippen molar-refractivity contribution in [2.45, 2.75) is 19.3 Å². The Hall–Kier alpha value is -7.44. The molecule has 0 radical (unpaired) electrons. The predicted octanol–water partition coefficient (Wildman–Crippen LogP) is 12.6. The quantitative estimate of drug-likeness (QED) is 0.135. The van der Waals surface area contributed by atoms with E-state index in [9.17, 15) is 0 Å². The molecule has 0 unspecified atom stereocenters. The first-order valence-corrected chi connectivity index (χ1v) is 22.9. The number of hydrogen-bond acceptors (Lipinski definition) is 6. The van der Waals surface area contributed by atoms with E-state index < -0.39 is 0 Å². The monoisotopic (exact) mass is 881 g/mol. The predicted molar refractivity (Wildman–Crippen MR) is 260 cm³/mol. The van der Waals surface area contributed by atoms with E-state index in [0.29, 0.717) is 6.67 Å². The maximum atomic E-state index is 6.81. The number of ether oxygens (including phenoxy) is 1. The fourth-order valence-electron chi connectivity index (χ4n) is 8.92. The molecule has 6 nitrogen and oxygen atoms in total. The number of rotatable bonds is 9. The van der Waals surface area contributed by atoms with Gasteiger partial charge >= 0.3 is 270 Å². The van der Waals surface area contributed by atoms with Crippen molar-refractivity contribution in [2.24, 2.45) is 0 Å². The average Bonchev–Trinajstić information content (AvgIpc) is 3.73. The van der Waals surface area contributed by atoms with Gasteiger partial charge in [0.15, 0.2) is 0 Å². The molecule has 11 rings (SSSR count). The number of nitrogens with zero attached hydrogens (tertiary/aromatic N) is 5. The summed E-state index contributed by atoms with van der Waals surface area (Å²) < 4.78 is 9.28. The molecule has 0 amide bonds. The Kier molecular flexibility index (Phi) is 9.84. The summed E-state index contributed by atoms with van der Waals surface area (Å²) in [5.41, 5.74) is 13.7. The van der Waals surface area contributed by atoms with Crippen LogP contribution >= 0.6 is 0 Å². The SMILES string of the molecule is CC(C)(c1ccccc1)c1ccnc(N2c3ccncc3[Se]c3ccc(Oc4cccc(N5CN(c6c(-c7ccccc7)cccc6-c6ccccc6)c6ccccc65)c4)cc32)c1.